The highest BCUT2D eigenvalue weighted by Gasteiger charge is 2.13. The molecule has 0 atom stereocenters. The van der Waals surface area contributed by atoms with Gasteiger partial charge >= 0.3 is 0 Å². The number of methoxy groups -OCH3 is 2. The summed E-state index contributed by atoms with van der Waals surface area (Å²) in [4.78, 5) is 0. The fraction of sp³-hybridized carbons (Fsp3) is 0.600. The molecule has 2 rings (SSSR count). The van der Waals surface area contributed by atoms with Crippen LogP contribution in [0, 0.1) is 5.92 Å². The molecule has 1 saturated heterocycles. The topological polar surface area (TPSA) is 42.5 Å². The summed E-state index contributed by atoms with van der Waals surface area (Å²) < 4.78 is 10.5. The number of piperidine rings is 1. The summed E-state index contributed by atoms with van der Waals surface area (Å²) in [6.45, 7) is 4.04. The first kappa shape index (κ1) is 15.4. The first-order valence-electron chi connectivity index (χ1n) is 7.06. The molecule has 0 amide bonds. The lowest BCUT2D eigenvalue weighted by molar-refractivity contribution is 0.351. The van der Waals surface area contributed by atoms with E-state index < -0.39 is 0 Å². The summed E-state index contributed by atoms with van der Waals surface area (Å²) in [7, 11) is 3.25. The number of hydrogen-bond acceptors (Lipinski definition) is 4. The molecule has 0 aromatic heterocycles. The van der Waals surface area contributed by atoms with E-state index in [4.69, 9.17) is 21.1 Å². The van der Waals surface area contributed by atoms with Crippen molar-refractivity contribution in [1.82, 2.24) is 10.6 Å². The minimum atomic E-state index is 0.666. The number of halogens is 1. The van der Waals surface area contributed by atoms with Crippen molar-refractivity contribution in [1.29, 1.82) is 0 Å². The summed E-state index contributed by atoms with van der Waals surface area (Å²) in [6, 6.07) is 3.75. The molecule has 1 fully saturated rings. The molecule has 0 spiro atoms. The Morgan fingerprint density at radius 2 is 1.85 bits per heavy atom. The first-order valence-corrected chi connectivity index (χ1v) is 7.44. The smallest absolute Gasteiger partial charge is 0.162 e. The van der Waals surface area contributed by atoms with E-state index in [9.17, 15) is 0 Å². The summed E-state index contributed by atoms with van der Waals surface area (Å²) in [5, 5.41) is 7.58. The maximum absolute atomic E-state index is 6.27. The zero-order chi connectivity index (χ0) is 14.4. The van der Waals surface area contributed by atoms with Crippen molar-refractivity contribution in [3.8, 4) is 11.5 Å². The first-order chi connectivity index (χ1) is 9.74. The summed E-state index contributed by atoms with van der Waals surface area (Å²) >= 11 is 6.27. The highest BCUT2D eigenvalue weighted by molar-refractivity contribution is 6.31. The molecule has 20 heavy (non-hydrogen) atoms. The molecule has 4 nitrogen and oxygen atoms in total. The van der Waals surface area contributed by atoms with Crippen LogP contribution in [-0.4, -0.2) is 33.9 Å². The van der Waals surface area contributed by atoms with Crippen LogP contribution in [0.3, 0.4) is 0 Å². The molecule has 1 heterocycles. The Kier molecular flexibility index (Phi) is 5.95. The highest BCUT2D eigenvalue weighted by atomic mass is 35.5. The van der Waals surface area contributed by atoms with Gasteiger partial charge in [0.1, 0.15) is 0 Å². The SMILES string of the molecule is COc1cc(Cl)c(CNCC2CCNCC2)cc1OC. The lowest BCUT2D eigenvalue weighted by atomic mass is 9.98. The van der Waals surface area contributed by atoms with Gasteiger partial charge in [0.15, 0.2) is 11.5 Å². The lowest BCUT2D eigenvalue weighted by Gasteiger charge is -2.23. The van der Waals surface area contributed by atoms with Gasteiger partial charge < -0.3 is 20.1 Å². The number of rotatable bonds is 6. The Labute approximate surface area is 125 Å². The average molecular weight is 299 g/mol. The van der Waals surface area contributed by atoms with E-state index in [1.807, 2.05) is 12.1 Å². The van der Waals surface area contributed by atoms with Crippen molar-refractivity contribution in [3.63, 3.8) is 0 Å². The van der Waals surface area contributed by atoms with Crippen LogP contribution in [0.25, 0.3) is 0 Å². The molecule has 0 aliphatic carbocycles. The monoisotopic (exact) mass is 298 g/mol. The summed E-state index contributed by atoms with van der Waals surface area (Å²) in [6.07, 6.45) is 2.49. The second-order valence-electron chi connectivity index (χ2n) is 5.12. The van der Waals surface area contributed by atoms with Crippen LogP contribution in [0.15, 0.2) is 12.1 Å². The van der Waals surface area contributed by atoms with Gasteiger partial charge in [-0.05, 0) is 50.0 Å². The van der Waals surface area contributed by atoms with E-state index in [1.54, 1.807) is 14.2 Å². The summed E-state index contributed by atoms with van der Waals surface area (Å²) in [5.74, 6) is 2.14. The number of benzene rings is 1. The van der Waals surface area contributed by atoms with Crippen LogP contribution in [0.1, 0.15) is 18.4 Å². The molecule has 0 bridgehead atoms. The average Bonchev–Trinajstić information content (AvgIpc) is 2.49. The van der Waals surface area contributed by atoms with Gasteiger partial charge in [0, 0.05) is 17.6 Å². The fourth-order valence-corrected chi connectivity index (χ4v) is 2.75. The molecule has 1 aliphatic heterocycles. The lowest BCUT2D eigenvalue weighted by Crippen LogP contribution is -2.33. The van der Waals surface area contributed by atoms with Crippen molar-refractivity contribution in [2.75, 3.05) is 33.9 Å². The predicted molar refractivity (Wildman–Crippen MR) is 81.9 cm³/mol. The van der Waals surface area contributed by atoms with Crippen LogP contribution >= 0.6 is 11.6 Å². The van der Waals surface area contributed by atoms with Crippen LogP contribution in [0.5, 0.6) is 11.5 Å². The second kappa shape index (κ2) is 7.72. The van der Waals surface area contributed by atoms with E-state index >= 15 is 0 Å². The van der Waals surface area contributed by atoms with E-state index in [1.165, 1.54) is 12.8 Å². The molecule has 0 radical (unpaired) electrons. The van der Waals surface area contributed by atoms with Gasteiger partial charge in [-0.25, -0.2) is 0 Å². The van der Waals surface area contributed by atoms with Gasteiger partial charge in [-0.3, -0.25) is 0 Å². The molecular formula is C15H23ClN2O2. The Hall–Kier alpha value is -0.970. The zero-order valence-corrected chi connectivity index (χ0v) is 12.9. The number of nitrogens with one attached hydrogen (secondary N) is 2. The largest absolute Gasteiger partial charge is 0.493 e. The van der Waals surface area contributed by atoms with Gasteiger partial charge in [-0.1, -0.05) is 11.6 Å². The Bertz CT molecular complexity index is 434. The van der Waals surface area contributed by atoms with Gasteiger partial charge in [0.2, 0.25) is 0 Å². The van der Waals surface area contributed by atoms with E-state index in [0.717, 1.165) is 43.4 Å². The number of hydrogen-bond donors (Lipinski definition) is 2. The van der Waals surface area contributed by atoms with Crippen molar-refractivity contribution in [2.24, 2.45) is 5.92 Å². The second-order valence-corrected chi connectivity index (χ2v) is 5.53. The maximum atomic E-state index is 6.27. The van der Waals surface area contributed by atoms with Gasteiger partial charge in [-0.15, -0.1) is 0 Å². The normalized spacial score (nSPS) is 16.1. The van der Waals surface area contributed by atoms with Gasteiger partial charge in [-0.2, -0.15) is 0 Å². The highest BCUT2D eigenvalue weighted by Crippen LogP contribution is 2.33. The molecule has 1 aromatic carbocycles. The third-order valence-electron chi connectivity index (χ3n) is 3.76. The zero-order valence-electron chi connectivity index (χ0n) is 12.2. The van der Waals surface area contributed by atoms with E-state index in [-0.39, 0.29) is 0 Å². The Morgan fingerprint density at radius 3 is 2.50 bits per heavy atom. The molecule has 5 heteroatoms. The quantitative estimate of drug-likeness (QED) is 0.846. The standard InChI is InChI=1S/C15H23ClN2O2/c1-19-14-7-12(13(16)8-15(14)20-2)10-18-9-11-3-5-17-6-4-11/h7-8,11,17-18H,3-6,9-10H2,1-2H3. The third-order valence-corrected chi connectivity index (χ3v) is 4.11. The van der Waals surface area contributed by atoms with Crippen LogP contribution in [-0.2, 0) is 6.54 Å². The minimum absolute atomic E-state index is 0.666. The van der Waals surface area contributed by atoms with E-state index in [0.29, 0.717) is 10.8 Å². The Morgan fingerprint density at radius 1 is 1.20 bits per heavy atom. The van der Waals surface area contributed by atoms with Gasteiger partial charge in [0.25, 0.3) is 0 Å². The van der Waals surface area contributed by atoms with Crippen molar-refractivity contribution >= 4 is 11.6 Å². The third kappa shape index (κ3) is 4.01. The summed E-state index contributed by atoms with van der Waals surface area (Å²) in [5.41, 5.74) is 1.04. The molecule has 1 aromatic rings. The van der Waals surface area contributed by atoms with Crippen molar-refractivity contribution < 1.29 is 9.47 Å². The minimum Gasteiger partial charge on any atom is -0.493 e. The van der Waals surface area contributed by atoms with Crippen LogP contribution < -0.4 is 20.1 Å². The number of ether oxygens (including phenoxy) is 2. The molecule has 0 unspecified atom stereocenters. The molecule has 112 valence electrons. The fourth-order valence-electron chi connectivity index (χ4n) is 2.53. The van der Waals surface area contributed by atoms with Crippen molar-refractivity contribution in [3.05, 3.63) is 22.7 Å². The van der Waals surface area contributed by atoms with Crippen molar-refractivity contribution in [2.45, 2.75) is 19.4 Å². The Balaban J connectivity index is 1.91. The van der Waals surface area contributed by atoms with Crippen LogP contribution in [0.2, 0.25) is 5.02 Å². The maximum Gasteiger partial charge on any atom is 0.162 e. The van der Waals surface area contributed by atoms with E-state index in [2.05, 4.69) is 10.6 Å². The molecule has 0 saturated carbocycles. The molecule has 2 N–H and O–H groups in total. The van der Waals surface area contributed by atoms with Crippen LogP contribution in [0.4, 0.5) is 0 Å². The molecule has 1 aliphatic rings. The predicted octanol–water partition coefficient (Wildman–Crippen LogP) is 2.45. The van der Waals surface area contributed by atoms with Gasteiger partial charge in [0.05, 0.1) is 14.2 Å². The molecular weight excluding hydrogens is 276 g/mol.